The molecule has 0 aromatic heterocycles. The minimum atomic E-state index is -0.974. The Labute approximate surface area is 202 Å². The number of benzene rings is 3. The summed E-state index contributed by atoms with van der Waals surface area (Å²) in [6, 6.07) is 18.0. The molecule has 0 saturated heterocycles. The third kappa shape index (κ3) is 6.64. The van der Waals surface area contributed by atoms with Crippen LogP contribution < -0.4 is 20.2 Å². The number of ether oxygens (including phenoxy) is 2. The fraction of sp³-hybridized carbons (Fsp3) is 0.0435. The summed E-state index contributed by atoms with van der Waals surface area (Å²) in [5.74, 6) is -1.95. The zero-order valence-corrected chi connectivity index (χ0v) is 19.5. The molecule has 168 valence electrons. The monoisotopic (exact) mass is 529 g/mol. The lowest BCUT2D eigenvalue weighted by Crippen LogP contribution is -2.32. The molecule has 0 spiro atoms. The smallest absolute Gasteiger partial charge is 0.343 e. The lowest BCUT2D eigenvalue weighted by Gasteiger charge is -2.10. The van der Waals surface area contributed by atoms with Crippen LogP contribution in [0.1, 0.15) is 15.9 Å². The molecule has 2 amide bonds. The number of carbonyl (C=O) groups excluding carboxylic acids is 3. The standard InChI is InChI=1S/C23H17BrClN3O5/c1-32-20-11-14(9-10-19(20)33-23(31)15-5-4-6-16(24)12-15)13-26-28-22(30)21(29)27-18-8-3-2-7-17(18)25/h2-13H,1H3,(H,27,29)(H,28,30)/b26-13+. The number of rotatable bonds is 6. The summed E-state index contributed by atoms with van der Waals surface area (Å²) in [7, 11) is 1.42. The van der Waals surface area contributed by atoms with Gasteiger partial charge in [-0.15, -0.1) is 0 Å². The zero-order valence-electron chi connectivity index (χ0n) is 17.2. The number of hydrazone groups is 1. The molecule has 0 aliphatic rings. The van der Waals surface area contributed by atoms with E-state index >= 15 is 0 Å². The molecule has 3 aromatic carbocycles. The van der Waals surface area contributed by atoms with Gasteiger partial charge >= 0.3 is 17.8 Å². The lowest BCUT2D eigenvalue weighted by atomic mass is 10.2. The van der Waals surface area contributed by atoms with Gasteiger partial charge in [-0.25, -0.2) is 10.2 Å². The van der Waals surface area contributed by atoms with Crippen molar-refractivity contribution in [2.45, 2.75) is 0 Å². The Hall–Kier alpha value is -3.69. The molecule has 0 heterocycles. The Balaban J connectivity index is 1.62. The summed E-state index contributed by atoms with van der Waals surface area (Å²) < 4.78 is 11.4. The van der Waals surface area contributed by atoms with Gasteiger partial charge < -0.3 is 14.8 Å². The zero-order chi connectivity index (χ0) is 23.8. The highest BCUT2D eigenvalue weighted by Gasteiger charge is 2.15. The second-order valence-corrected chi connectivity index (χ2v) is 7.77. The molecule has 0 aliphatic heterocycles. The van der Waals surface area contributed by atoms with E-state index < -0.39 is 17.8 Å². The molecule has 0 atom stereocenters. The van der Waals surface area contributed by atoms with E-state index in [0.29, 0.717) is 21.8 Å². The Morgan fingerprint density at radius 1 is 0.970 bits per heavy atom. The second kappa shape index (κ2) is 11.3. The number of halogens is 2. The van der Waals surface area contributed by atoms with Crippen molar-refractivity contribution in [3.63, 3.8) is 0 Å². The van der Waals surface area contributed by atoms with Crippen molar-refractivity contribution in [2.75, 3.05) is 12.4 Å². The van der Waals surface area contributed by atoms with Gasteiger partial charge in [0, 0.05) is 4.47 Å². The van der Waals surface area contributed by atoms with Crippen LogP contribution in [0.15, 0.2) is 76.3 Å². The topological polar surface area (TPSA) is 106 Å². The van der Waals surface area contributed by atoms with Crippen molar-refractivity contribution in [3.8, 4) is 11.5 Å². The van der Waals surface area contributed by atoms with Gasteiger partial charge in [0.05, 0.1) is 29.6 Å². The summed E-state index contributed by atoms with van der Waals surface area (Å²) in [5.41, 5.74) is 3.33. The Morgan fingerprint density at radius 3 is 2.48 bits per heavy atom. The highest BCUT2D eigenvalue weighted by molar-refractivity contribution is 9.10. The Bertz CT molecular complexity index is 1230. The van der Waals surface area contributed by atoms with Gasteiger partial charge in [0.2, 0.25) is 0 Å². The molecular weight excluding hydrogens is 514 g/mol. The molecule has 0 bridgehead atoms. The van der Waals surface area contributed by atoms with Crippen LogP contribution in [0, 0.1) is 0 Å². The largest absolute Gasteiger partial charge is 0.493 e. The van der Waals surface area contributed by atoms with Crippen LogP contribution in [-0.4, -0.2) is 31.1 Å². The highest BCUT2D eigenvalue weighted by atomic mass is 79.9. The SMILES string of the molecule is COc1cc(/C=N/NC(=O)C(=O)Nc2ccccc2Cl)ccc1OC(=O)c1cccc(Br)c1. The van der Waals surface area contributed by atoms with Gasteiger partial charge in [-0.1, -0.05) is 45.7 Å². The van der Waals surface area contributed by atoms with E-state index in [4.69, 9.17) is 21.1 Å². The molecule has 0 saturated carbocycles. The van der Waals surface area contributed by atoms with E-state index in [0.717, 1.165) is 4.47 Å². The number of nitrogens with one attached hydrogen (secondary N) is 2. The summed E-state index contributed by atoms with van der Waals surface area (Å²) in [5, 5.41) is 6.46. The maximum Gasteiger partial charge on any atom is 0.343 e. The molecule has 2 N–H and O–H groups in total. The van der Waals surface area contributed by atoms with Crippen molar-refractivity contribution in [3.05, 3.63) is 87.4 Å². The second-order valence-electron chi connectivity index (χ2n) is 6.44. The van der Waals surface area contributed by atoms with Crippen molar-refractivity contribution < 1.29 is 23.9 Å². The molecule has 0 fully saturated rings. The summed E-state index contributed by atoms with van der Waals surface area (Å²) in [4.78, 5) is 36.3. The van der Waals surface area contributed by atoms with Gasteiger partial charge in [-0.2, -0.15) is 5.10 Å². The van der Waals surface area contributed by atoms with Crippen LogP contribution in [-0.2, 0) is 9.59 Å². The molecule has 8 nitrogen and oxygen atoms in total. The summed E-state index contributed by atoms with van der Waals surface area (Å²) in [6.07, 6.45) is 1.31. The van der Waals surface area contributed by atoms with Crippen molar-refractivity contribution in [1.29, 1.82) is 0 Å². The van der Waals surface area contributed by atoms with Gasteiger partial charge in [0.15, 0.2) is 11.5 Å². The van der Waals surface area contributed by atoms with Gasteiger partial charge in [0.1, 0.15) is 0 Å². The predicted molar refractivity (Wildman–Crippen MR) is 128 cm³/mol. The minimum absolute atomic E-state index is 0.211. The molecular formula is C23H17BrClN3O5. The van der Waals surface area contributed by atoms with E-state index in [9.17, 15) is 14.4 Å². The van der Waals surface area contributed by atoms with Crippen LogP contribution >= 0.6 is 27.5 Å². The quantitative estimate of drug-likeness (QED) is 0.161. The number of amides is 2. The van der Waals surface area contributed by atoms with Crippen molar-refractivity contribution >= 4 is 57.2 Å². The first kappa shape index (κ1) is 24.0. The Kier molecular flexibility index (Phi) is 8.17. The number of para-hydroxylation sites is 1. The third-order valence-electron chi connectivity index (χ3n) is 4.16. The number of nitrogens with zero attached hydrogens (tertiary/aromatic N) is 1. The molecule has 0 unspecified atom stereocenters. The maximum absolute atomic E-state index is 12.4. The third-order valence-corrected chi connectivity index (χ3v) is 4.98. The molecule has 10 heteroatoms. The van der Waals surface area contributed by atoms with E-state index in [1.54, 1.807) is 60.7 Å². The van der Waals surface area contributed by atoms with Crippen molar-refractivity contribution in [1.82, 2.24) is 5.43 Å². The van der Waals surface area contributed by atoms with Crippen LogP contribution in [0.5, 0.6) is 11.5 Å². The number of carbonyl (C=O) groups is 3. The summed E-state index contributed by atoms with van der Waals surface area (Å²) in [6.45, 7) is 0. The number of esters is 1. The molecule has 3 aromatic rings. The highest BCUT2D eigenvalue weighted by Crippen LogP contribution is 2.28. The average molecular weight is 531 g/mol. The lowest BCUT2D eigenvalue weighted by molar-refractivity contribution is -0.136. The first-order valence-corrected chi connectivity index (χ1v) is 10.6. The number of methoxy groups -OCH3 is 1. The first-order chi connectivity index (χ1) is 15.9. The number of hydrogen-bond donors (Lipinski definition) is 2. The number of anilines is 1. The van der Waals surface area contributed by atoms with Gasteiger partial charge in [-0.05, 0) is 54.1 Å². The van der Waals surface area contributed by atoms with Crippen LogP contribution in [0.2, 0.25) is 5.02 Å². The fourth-order valence-corrected chi connectivity index (χ4v) is 3.16. The van der Waals surface area contributed by atoms with E-state index in [1.165, 1.54) is 19.4 Å². The molecule has 33 heavy (non-hydrogen) atoms. The van der Waals surface area contributed by atoms with Crippen LogP contribution in [0.4, 0.5) is 5.69 Å². The molecule has 0 radical (unpaired) electrons. The Morgan fingerprint density at radius 2 is 1.76 bits per heavy atom. The first-order valence-electron chi connectivity index (χ1n) is 9.42. The van der Waals surface area contributed by atoms with Crippen molar-refractivity contribution in [2.24, 2.45) is 5.10 Å². The molecule has 0 aliphatic carbocycles. The fourth-order valence-electron chi connectivity index (χ4n) is 2.58. The average Bonchev–Trinajstić information content (AvgIpc) is 2.81. The van der Waals surface area contributed by atoms with E-state index in [2.05, 4.69) is 31.8 Å². The van der Waals surface area contributed by atoms with E-state index in [-0.39, 0.29) is 11.5 Å². The van der Waals surface area contributed by atoms with Gasteiger partial charge in [-0.3, -0.25) is 9.59 Å². The van der Waals surface area contributed by atoms with Crippen LogP contribution in [0.25, 0.3) is 0 Å². The summed E-state index contributed by atoms with van der Waals surface area (Å²) >= 11 is 9.26. The van der Waals surface area contributed by atoms with Crippen LogP contribution in [0.3, 0.4) is 0 Å². The van der Waals surface area contributed by atoms with Gasteiger partial charge in [0.25, 0.3) is 0 Å². The number of hydrogen-bond acceptors (Lipinski definition) is 6. The predicted octanol–water partition coefficient (Wildman–Crippen LogP) is 4.42. The van der Waals surface area contributed by atoms with E-state index in [1.807, 2.05) is 0 Å². The maximum atomic E-state index is 12.4. The minimum Gasteiger partial charge on any atom is -0.493 e. The normalized spacial score (nSPS) is 10.5. The molecule has 3 rings (SSSR count).